The molecule has 0 saturated carbocycles. The van der Waals surface area contributed by atoms with Crippen LogP contribution in [0.4, 0.5) is 13.2 Å². The molecule has 0 spiro atoms. The molecule has 0 radical (unpaired) electrons. The number of nitrogens with one attached hydrogen (secondary N) is 1. The van der Waals surface area contributed by atoms with Crippen LogP contribution in [0, 0.1) is 0 Å². The zero-order valence-corrected chi connectivity index (χ0v) is 18.9. The number of carbonyl (C=O) groups excluding carboxylic acids is 4. The summed E-state index contributed by atoms with van der Waals surface area (Å²) in [5, 5.41) is 2.08. The third-order valence-electron chi connectivity index (χ3n) is 5.32. The van der Waals surface area contributed by atoms with Crippen LogP contribution < -0.4 is 5.32 Å². The van der Waals surface area contributed by atoms with Gasteiger partial charge in [0.25, 0.3) is 11.8 Å². The van der Waals surface area contributed by atoms with Crippen molar-refractivity contribution in [3.8, 4) is 0 Å². The second kappa shape index (κ2) is 8.24. The summed E-state index contributed by atoms with van der Waals surface area (Å²) in [7, 11) is -3.87. The van der Waals surface area contributed by atoms with Crippen molar-refractivity contribution in [3.63, 3.8) is 0 Å². The predicted octanol–water partition coefficient (Wildman–Crippen LogP) is 2.66. The second-order valence-electron chi connectivity index (χ2n) is 7.68. The first-order chi connectivity index (χ1) is 15.8. The van der Waals surface area contributed by atoms with E-state index in [0.29, 0.717) is 17.8 Å². The Hall–Kier alpha value is -3.19. The standard InChI is InChI=1S/C21H15F3N2O6S2/c1-34(31,32)11-3-6-16(14(9-11)21(22,23)24)33-10-2-4-12-13(8-10)20(30)26(19(12)29)15-5-7-17(27)25-18(15)28/h2-4,6,8-9,15H,5,7H2,1H3,(H,25,27,28). The smallest absolute Gasteiger partial charge is 0.295 e. The van der Waals surface area contributed by atoms with E-state index >= 15 is 0 Å². The average molecular weight is 512 g/mol. The highest BCUT2D eigenvalue weighted by atomic mass is 32.2. The maximum atomic E-state index is 13.6. The molecule has 2 aliphatic heterocycles. The van der Waals surface area contributed by atoms with E-state index in [9.17, 15) is 40.8 Å². The quantitative estimate of drug-likeness (QED) is 0.626. The van der Waals surface area contributed by atoms with Crippen molar-refractivity contribution in [1.29, 1.82) is 0 Å². The average Bonchev–Trinajstić information content (AvgIpc) is 2.97. The molecule has 34 heavy (non-hydrogen) atoms. The maximum absolute atomic E-state index is 13.6. The van der Waals surface area contributed by atoms with Crippen molar-refractivity contribution < 1.29 is 40.8 Å². The van der Waals surface area contributed by atoms with Gasteiger partial charge in [0.2, 0.25) is 11.8 Å². The first kappa shape index (κ1) is 24.0. The Morgan fingerprint density at radius 1 is 1.00 bits per heavy atom. The van der Waals surface area contributed by atoms with Crippen LogP contribution >= 0.6 is 11.8 Å². The number of hydrogen-bond acceptors (Lipinski definition) is 7. The summed E-state index contributed by atoms with van der Waals surface area (Å²) in [6.07, 6.45) is -4.12. The predicted molar refractivity (Wildman–Crippen MR) is 112 cm³/mol. The van der Waals surface area contributed by atoms with Crippen LogP contribution in [0.3, 0.4) is 0 Å². The minimum absolute atomic E-state index is 0.0116. The lowest BCUT2D eigenvalue weighted by molar-refractivity contribution is -0.140. The van der Waals surface area contributed by atoms with E-state index in [4.69, 9.17) is 0 Å². The van der Waals surface area contributed by atoms with Crippen molar-refractivity contribution in [2.75, 3.05) is 6.26 Å². The maximum Gasteiger partial charge on any atom is 0.417 e. The van der Waals surface area contributed by atoms with Gasteiger partial charge in [-0.2, -0.15) is 13.2 Å². The van der Waals surface area contributed by atoms with Crippen LogP contribution in [-0.4, -0.2) is 49.2 Å². The summed E-state index contributed by atoms with van der Waals surface area (Å²) in [5.41, 5.74) is -1.25. The van der Waals surface area contributed by atoms with Crippen LogP contribution in [0.2, 0.25) is 0 Å². The van der Waals surface area contributed by atoms with Gasteiger partial charge in [0.1, 0.15) is 6.04 Å². The zero-order chi connectivity index (χ0) is 25.0. The number of benzene rings is 2. The van der Waals surface area contributed by atoms with E-state index < -0.39 is 56.1 Å². The minimum Gasteiger partial charge on any atom is -0.295 e. The van der Waals surface area contributed by atoms with Gasteiger partial charge < -0.3 is 0 Å². The number of amides is 4. The van der Waals surface area contributed by atoms with Crippen LogP contribution in [0.25, 0.3) is 0 Å². The van der Waals surface area contributed by atoms with Gasteiger partial charge in [0.15, 0.2) is 9.84 Å². The molecule has 2 aromatic carbocycles. The first-order valence-corrected chi connectivity index (χ1v) is 12.4. The molecular formula is C21H15F3N2O6S2. The number of hydrogen-bond donors (Lipinski definition) is 1. The number of rotatable bonds is 4. The van der Waals surface area contributed by atoms with Gasteiger partial charge in [0, 0.05) is 22.5 Å². The van der Waals surface area contributed by atoms with E-state index in [-0.39, 0.29) is 33.8 Å². The monoisotopic (exact) mass is 512 g/mol. The van der Waals surface area contributed by atoms with Crippen molar-refractivity contribution in [2.45, 2.75) is 39.7 Å². The Morgan fingerprint density at radius 3 is 2.29 bits per heavy atom. The summed E-state index contributed by atoms with van der Waals surface area (Å²) in [4.78, 5) is 49.3. The molecule has 2 heterocycles. The largest absolute Gasteiger partial charge is 0.417 e. The molecule has 0 aliphatic carbocycles. The van der Waals surface area contributed by atoms with Crippen LogP contribution in [0.1, 0.15) is 39.1 Å². The zero-order valence-electron chi connectivity index (χ0n) is 17.3. The lowest BCUT2D eigenvalue weighted by Gasteiger charge is -2.27. The summed E-state index contributed by atoms with van der Waals surface area (Å²) in [6.45, 7) is 0. The lowest BCUT2D eigenvalue weighted by atomic mass is 10.0. The first-order valence-electron chi connectivity index (χ1n) is 9.72. The molecule has 13 heteroatoms. The fourth-order valence-electron chi connectivity index (χ4n) is 3.69. The fourth-order valence-corrected chi connectivity index (χ4v) is 5.33. The van der Waals surface area contributed by atoms with Crippen LogP contribution in [0.5, 0.6) is 0 Å². The Balaban J connectivity index is 1.67. The Bertz CT molecular complexity index is 1370. The van der Waals surface area contributed by atoms with Crippen molar-refractivity contribution in [1.82, 2.24) is 10.2 Å². The number of imide groups is 2. The molecule has 1 unspecified atom stereocenters. The highest BCUT2D eigenvalue weighted by Crippen LogP contribution is 2.41. The molecular weight excluding hydrogens is 497 g/mol. The van der Waals surface area contributed by atoms with E-state index in [1.165, 1.54) is 18.2 Å². The van der Waals surface area contributed by atoms with Gasteiger partial charge in [-0.25, -0.2) is 8.42 Å². The number of sulfone groups is 1. The van der Waals surface area contributed by atoms with Crippen molar-refractivity contribution in [2.24, 2.45) is 0 Å². The second-order valence-corrected chi connectivity index (χ2v) is 10.8. The number of fused-ring (bicyclic) bond motifs is 1. The summed E-state index contributed by atoms with van der Waals surface area (Å²) < 4.78 is 64.2. The van der Waals surface area contributed by atoms with Gasteiger partial charge in [-0.15, -0.1) is 0 Å². The fraction of sp³-hybridized carbons (Fsp3) is 0.238. The van der Waals surface area contributed by atoms with Crippen molar-refractivity contribution >= 4 is 45.2 Å². The molecule has 0 aromatic heterocycles. The highest BCUT2D eigenvalue weighted by Gasteiger charge is 2.44. The van der Waals surface area contributed by atoms with Gasteiger partial charge in [-0.05, 0) is 42.8 Å². The van der Waals surface area contributed by atoms with E-state index in [2.05, 4.69) is 5.32 Å². The normalized spacial score (nSPS) is 18.8. The third-order valence-corrected chi connectivity index (χ3v) is 7.50. The van der Waals surface area contributed by atoms with Gasteiger partial charge in [0.05, 0.1) is 21.6 Å². The molecule has 1 atom stereocenters. The topological polar surface area (TPSA) is 118 Å². The number of nitrogens with zero attached hydrogens (tertiary/aromatic N) is 1. The Kier molecular flexibility index (Phi) is 5.80. The summed E-state index contributed by atoms with van der Waals surface area (Å²) >= 11 is 0.647. The molecule has 4 rings (SSSR count). The molecule has 2 aliphatic rings. The number of carbonyl (C=O) groups is 4. The molecule has 1 N–H and O–H groups in total. The number of halogens is 3. The lowest BCUT2D eigenvalue weighted by Crippen LogP contribution is -2.54. The van der Waals surface area contributed by atoms with Crippen molar-refractivity contribution in [3.05, 3.63) is 53.1 Å². The van der Waals surface area contributed by atoms with E-state index in [0.717, 1.165) is 23.3 Å². The molecule has 178 valence electrons. The molecule has 0 bridgehead atoms. The third kappa shape index (κ3) is 4.32. The van der Waals surface area contributed by atoms with Gasteiger partial charge in [-0.3, -0.25) is 29.4 Å². The van der Waals surface area contributed by atoms with Gasteiger partial charge in [-0.1, -0.05) is 11.8 Å². The molecule has 2 aromatic rings. The molecule has 1 saturated heterocycles. The van der Waals surface area contributed by atoms with E-state index in [1.54, 1.807) is 0 Å². The summed E-state index contributed by atoms with van der Waals surface area (Å²) in [6, 6.07) is 5.34. The molecule has 1 fully saturated rings. The Morgan fingerprint density at radius 2 is 1.68 bits per heavy atom. The Labute approximate surface area is 195 Å². The highest BCUT2D eigenvalue weighted by molar-refractivity contribution is 7.99. The SMILES string of the molecule is CS(=O)(=O)c1ccc(Sc2ccc3c(c2)C(=O)N(C2CCC(=O)NC2=O)C3=O)c(C(F)(F)F)c1. The number of alkyl halides is 3. The van der Waals surface area contributed by atoms with Crippen LogP contribution in [-0.2, 0) is 25.6 Å². The minimum atomic E-state index is -4.84. The number of piperidine rings is 1. The summed E-state index contributed by atoms with van der Waals surface area (Å²) in [5.74, 6) is -2.82. The molecule has 8 nitrogen and oxygen atoms in total. The van der Waals surface area contributed by atoms with Crippen LogP contribution in [0.15, 0.2) is 51.1 Å². The molecule has 4 amide bonds. The van der Waals surface area contributed by atoms with Gasteiger partial charge >= 0.3 is 6.18 Å². The van der Waals surface area contributed by atoms with E-state index in [1.807, 2.05) is 0 Å².